The van der Waals surface area contributed by atoms with E-state index >= 15 is 0 Å². The second-order valence-corrected chi connectivity index (χ2v) is 13.2. The van der Waals surface area contributed by atoms with E-state index in [0.717, 1.165) is 12.3 Å². The fraction of sp³-hybridized carbons (Fsp3) is 0.409. The zero-order valence-corrected chi connectivity index (χ0v) is 17.1. The highest BCUT2D eigenvalue weighted by molar-refractivity contribution is 6.89. The Labute approximate surface area is 153 Å². The molecule has 0 N–H and O–H groups in total. The zero-order chi connectivity index (χ0) is 18.1. The predicted octanol–water partition coefficient (Wildman–Crippen LogP) is 4.71. The van der Waals surface area contributed by atoms with Crippen LogP contribution in [0.4, 0.5) is 0 Å². The van der Waals surface area contributed by atoms with Crippen LogP contribution in [0.2, 0.25) is 19.1 Å². The summed E-state index contributed by atoms with van der Waals surface area (Å²) >= 11 is 0. The van der Waals surface area contributed by atoms with Crippen molar-refractivity contribution < 1.29 is 4.74 Å². The minimum absolute atomic E-state index is 0.118. The highest BCUT2D eigenvalue weighted by Crippen LogP contribution is 2.26. The molecule has 0 saturated carbocycles. The van der Waals surface area contributed by atoms with Gasteiger partial charge in [-0.3, -0.25) is 0 Å². The first kappa shape index (κ1) is 17.9. The Kier molecular flexibility index (Phi) is 4.87. The van der Waals surface area contributed by atoms with Gasteiger partial charge in [-0.15, -0.1) is 0 Å². The van der Waals surface area contributed by atoms with Crippen LogP contribution in [0.5, 0.6) is 0 Å². The van der Waals surface area contributed by atoms with E-state index in [4.69, 9.17) is 9.73 Å². The Morgan fingerprint density at radius 3 is 2.40 bits per heavy atom. The summed E-state index contributed by atoms with van der Waals surface area (Å²) in [6.45, 7) is 12.0. The average Bonchev–Trinajstić information content (AvgIpc) is 2.93. The van der Waals surface area contributed by atoms with Gasteiger partial charge < -0.3 is 4.74 Å². The third-order valence-corrected chi connectivity index (χ3v) is 8.51. The van der Waals surface area contributed by atoms with Crippen LogP contribution >= 0.6 is 0 Å². The molecule has 25 heavy (non-hydrogen) atoms. The zero-order valence-electron chi connectivity index (χ0n) is 16.1. The van der Waals surface area contributed by atoms with Crippen molar-refractivity contribution in [3.05, 3.63) is 65.2 Å². The molecule has 2 aromatic rings. The summed E-state index contributed by atoms with van der Waals surface area (Å²) in [5, 5.41) is 1.53. The van der Waals surface area contributed by atoms with E-state index in [9.17, 15) is 0 Å². The molecule has 0 fully saturated rings. The number of aliphatic imine (C=N–C) groups is 1. The Morgan fingerprint density at radius 1 is 1.04 bits per heavy atom. The molecule has 132 valence electrons. The molecular weight excluding hydrogens is 322 g/mol. The van der Waals surface area contributed by atoms with E-state index in [1.54, 1.807) is 0 Å². The van der Waals surface area contributed by atoms with Crippen molar-refractivity contribution in [3.8, 4) is 0 Å². The molecule has 2 aromatic carbocycles. The molecule has 0 spiro atoms. The lowest BCUT2D eigenvalue weighted by Crippen LogP contribution is -2.41. The van der Waals surface area contributed by atoms with Crippen LogP contribution < -0.4 is 5.19 Å². The lowest BCUT2D eigenvalue weighted by molar-refractivity contribution is 0.279. The Balaban J connectivity index is 1.86. The van der Waals surface area contributed by atoms with Crippen molar-refractivity contribution in [2.75, 3.05) is 6.61 Å². The molecule has 1 aliphatic heterocycles. The van der Waals surface area contributed by atoms with Crippen LogP contribution in [-0.2, 0) is 11.2 Å². The maximum absolute atomic E-state index is 5.95. The van der Waals surface area contributed by atoms with Crippen molar-refractivity contribution >= 4 is 19.2 Å². The highest BCUT2D eigenvalue weighted by atomic mass is 28.3. The van der Waals surface area contributed by atoms with E-state index in [1.807, 2.05) is 0 Å². The Hall–Kier alpha value is -1.87. The SMILES string of the molecule is Cc1cccc(CC[Si](C)(C)c2ccccc2)c1C1=NC(C)(C)CO1. The lowest BCUT2D eigenvalue weighted by Gasteiger charge is -2.24. The maximum atomic E-state index is 5.95. The summed E-state index contributed by atoms with van der Waals surface area (Å²) in [5.74, 6) is 0.831. The predicted molar refractivity (Wildman–Crippen MR) is 110 cm³/mol. The molecular formula is C22H29NOSi. The monoisotopic (exact) mass is 351 g/mol. The van der Waals surface area contributed by atoms with Crippen LogP contribution in [0.3, 0.4) is 0 Å². The van der Waals surface area contributed by atoms with Gasteiger partial charge in [-0.25, -0.2) is 4.99 Å². The smallest absolute Gasteiger partial charge is 0.217 e. The number of hydrogen-bond acceptors (Lipinski definition) is 2. The third kappa shape index (κ3) is 4.04. The van der Waals surface area contributed by atoms with Crippen molar-refractivity contribution in [3.63, 3.8) is 0 Å². The average molecular weight is 352 g/mol. The number of nitrogens with zero attached hydrogens (tertiary/aromatic N) is 1. The van der Waals surface area contributed by atoms with Gasteiger partial charge in [0.15, 0.2) is 0 Å². The molecule has 1 aliphatic rings. The van der Waals surface area contributed by atoms with Gasteiger partial charge in [-0.1, -0.05) is 66.8 Å². The minimum Gasteiger partial charge on any atom is -0.475 e. The second kappa shape index (κ2) is 6.79. The number of rotatable bonds is 5. The van der Waals surface area contributed by atoms with Gasteiger partial charge in [0.2, 0.25) is 5.90 Å². The molecule has 3 heteroatoms. The van der Waals surface area contributed by atoms with Crippen molar-refractivity contribution in [2.24, 2.45) is 4.99 Å². The van der Waals surface area contributed by atoms with E-state index < -0.39 is 8.07 Å². The van der Waals surface area contributed by atoms with E-state index in [1.165, 1.54) is 27.9 Å². The summed E-state index contributed by atoms with van der Waals surface area (Å²) in [7, 11) is -1.45. The molecule has 3 rings (SSSR count). The molecule has 2 nitrogen and oxygen atoms in total. The first-order valence-electron chi connectivity index (χ1n) is 9.16. The number of benzene rings is 2. The summed E-state index contributed by atoms with van der Waals surface area (Å²) in [5.41, 5.74) is 3.72. The normalized spacial score (nSPS) is 16.4. The van der Waals surface area contributed by atoms with Crippen LogP contribution in [0.1, 0.15) is 30.5 Å². The lowest BCUT2D eigenvalue weighted by atomic mass is 10.00. The Morgan fingerprint density at radius 2 is 1.76 bits per heavy atom. The molecule has 0 saturated heterocycles. The van der Waals surface area contributed by atoms with Gasteiger partial charge >= 0.3 is 0 Å². The van der Waals surface area contributed by atoms with Crippen LogP contribution in [-0.4, -0.2) is 26.1 Å². The highest BCUT2D eigenvalue weighted by Gasteiger charge is 2.30. The quantitative estimate of drug-likeness (QED) is 0.715. The summed E-state index contributed by atoms with van der Waals surface area (Å²) < 4.78 is 5.95. The molecule has 0 radical (unpaired) electrons. The van der Waals surface area contributed by atoms with Crippen molar-refractivity contribution in [1.82, 2.24) is 0 Å². The number of hydrogen-bond donors (Lipinski definition) is 0. The van der Waals surface area contributed by atoms with Gasteiger partial charge in [0.25, 0.3) is 0 Å². The Bertz CT molecular complexity index is 778. The summed E-state index contributed by atoms with van der Waals surface area (Å²) in [6.07, 6.45) is 1.08. The van der Waals surface area contributed by atoms with Crippen LogP contribution in [0.15, 0.2) is 53.5 Å². The standard InChI is InChI=1S/C22H29NOSi/c1-17-10-9-11-18(20(17)21-23-22(2,3)16-24-21)14-15-25(4,5)19-12-7-6-8-13-19/h6-13H,14-16H2,1-5H3. The van der Waals surface area contributed by atoms with Gasteiger partial charge in [-0.2, -0.15) is 0 Å². The van der Waals surface area contributed by atoms with Gasteiger partial charge in [0.1, 0.15) is 6.61 Å². The summed E-state index contributed by atoms with van der Waals surface area (Å²) in [6, 6.07) is 18.8. The van der Waals surface area contributed by atoms with E-state index in [-0.39, 0.29) is 5.54 Å². The van der Waals surface area contributed by atoms with Gasteiger partial charge in [0, 0.05) is 5.56 Å². The first-order valence-corrected chi connectivity index (χ1v) is 12.4. The maximum Gasteiger partial charge on any atom is 0.217 e. The van der Waals surface area contributed by atoms with Crippen LogP contribution in [0.25, 0.3) is 0 Å². The molecule has 1 heterocycles. The van der Waals surface area contributed by atoms with Crippen molar-refractivity contribution in [1.29, 1.82) is 0 Å². The van der Waals surface area contributed by atoms with E-state index in [2.05, 4.69) is 82.4 Å². The molecule has 0 unspecified atom stereocenters. The van der Waals surface area contributed by atoms with Gasteiger partial charge in [0.05, 0.1) is 13.6 Å². The van der Waals surface area contributed by atoms with Crippen LogP contribution in [0, 0.1) is 6.92 Å². The van der Waals surface area contributed by atoms with Crippen molar-refractivity contribution in [2.45, 2.75) is 51.9 Å². The fourth-order valence-corrected chi connectivity index (χ4v) is 5.71. The molecule has 0 atom stereocenters. The third-order valence-electron chi connectivity index (χ3n) is 5.11. The largest absolute Gasteiger partial charge is 0.475 e. The number of ether oxygens (including phenoxy) is 1. The topological polar surface area (TPSA) is 21.6 Å². The molecule has 0 amide bonds. The minimum atomic E-state index is -1.45. The fourth-order valence-electron chi connectivity index (χ4n) is 3.44. The van der Waals surface area contributed by atoms with Gasteiger partial charge in [-0.05, 0) is 44.4 Å². The molecule has 0 aromatic heterocycles. The summed E-state index contributed by atoms with van der Waals surface area (Å²) in [4.78, 5) is 4.82. The first-order chi connectivity index (χ1) is 11.8. The molecule has 0 aliphatic carbocycles. The second-order valence-electron chi connectivity index (χ2n) is 8.38. The molecule has 0 bridgehead atoms. The number of aryl methyl sites for hydroxylation is 2. The van der Waals surface area contributed by atoms with E-state index in [0.29, 0.717) is 6.61 Å².